The van der Waals surface area contributed by atoms with Gasteiger partial charge in [0.05, 0.1) is 0 Å². The van der Waals surface area contributed by atoms with Gasteiger partial charge in [-0.15, -0.1) is 0 Å². The van der Waals surface area contributed by atoms with Gasteiger partial charge in [-0.1, -0.05) is 30.3 Å². The summed E-state index contributed by atoms with van der Waals surface area (Å²) in [6.07, 6.45) is 1.86. The van der Waals surface area contributed by atoms with E-state index < -0.39 is 0 Å². The molecule has 2 heterocycles. The Hall–Kier alpha value is -4.79. The molecule has 2 aliphatic rings. The van der Waals surface area contributed by atoms with Gasteiger partial charge in [0.15, 0.2) is 0 Å². The number of hydrogen-bond acceptors (Lipinski definition) is 5. The fraction of sp³-hybridized carbons (Fsp3) is 0.216. The molecule has 2 atom stereocenters. The van der Waals surface area contributed by atoms with Crippen molar-refractivity contribution in [2.75, 3.05) is 31.5 Å². The molecule has 7 rings (SSSR count). The molecule has 5 aromatic carbocycles. The zero-order valence-corrected chi connectivity index (χ0v) is 24.6. The number of carbonyl (C=O) groups is 1. The van der Waals surface area contributed by atoms with Crippen molar-refractivity contribution in [2.24, 2.45) is 0 Å². The van der Waals surface area contributed by atoms with E-state index in [1.54, 1.807) is 24.3 Å². The molecule has 228 valence electrons. The lowest BCUT2D eigenvalue weighted by atomic mass is 9.98. The van der Waals surface area contributed by atoms with Crippen molar-refractivity contribution >= 4 is 22.4 Å². The van der Waals surface area contributed by atoms with Crippen molar-refractivity contribution in [3.63, 3.8) is 0 Å². The highest BCUT2D eigenvalue weighted by Gasteiger charge is 2.21. The van der Waals surface area contributed by atoms with Gasteiger partial charge in [0.2, 0.25) is 0 Å². The van der Waals surface area contributed by atoms with E-state index >= 15 is 0 Å². The molecule has 2 aliphatic heterocycles. The molecule has 0 spiro atoms. The highest BCUT2D eigenvalue weighted by molar-refractivity contribution is 6.06. The van der Waals surface area contributed by atoms with Gasteiger partial charge >= 0.3 is 0 Å². The van der Waals surface area contributed by atoms with Gasteiger partial charge in [0, 0.05) is 35.5 Å². The first-order valence-corrected chi connectivity index (χ1v) is 15.3. The van der Waals surface area contributed by atoms with Crippen LogP contribution in [-0.4, -0.2) is 44.3 Å². The second kappa shape index (κ2) is 12.7. The highest BCUT2D eigenvalue weighted by atomic mass is 19.1. The summed E-state index contributed by atoms with van der Waals surface area (Å²) in [5, 5.41) is 11.4. The standard InChI is InChI=1S/C37H33F2N3O3/c38-28-7-3-23(4-8-28)34-20-30(10-12-36(34)45-32-14-16-41-22-32)42-37(43)27-6-11-35(44-31-13-15-40-21-31)33(19-27)26-2-1-25-18-29(39)9-5-24(25)17-26/h1-12,17-20,31-32,40-41H,13-16,21-22H2,(H,42,43)/t31-,32-/m0/s1. The van der Waals surface area contributed by atoms with Gasteiger partial charge in [-0.2, -0.15) is 0 Å². The summed E-state index contributed by atoms with van der Waals surface area (Å²) in [5.41, 5.74) is 4.24. The predicted octanol–water partition coefficient (Wildman–Crippen LogP) is 7.19. The van der Waals surface area contributed by atoms with Crippen LogP contribution in [0.1, 0.15) is 23.2 Å². The molecule has 0 radical (unpaired) electrons. The third-order valence-electron chi connectivity index (χ3n) is 8.37. The Labute approximate surface area is 260 Å². The summed E-state index contributed by atoms with van der Waals surface area (Å²) in [6.45, 7) is 3.30. The van der Waals surface area contributed by atoms with Crippen LogP contribution in [0, 0.1) is 11.6 Å². The number of hydrogen-bond donors (Lipinski definition) is 3. The lowest BCUT2D eigenvalue weighted by Crippen LogP contribution is -2.20. The Bertz CT molecular complexity index is 1850. The van der Waals surface area contributed by atoms with E-state index in [0.717, 1.165) is 72.0 Å². The topological polar surface area (TPSA) is 71.6 Å². The first kappa shape index (κ1) is 29.0. The van der Waals surface area contributed by atoms with Crippen LogP contribution in [0.3, 0.4) is 0 Å². The van der Waals surface area contributed by atoms with Crippen molar-refractivity contribution in [2.45, 2.75) is 25.0 Å². The fourth-order valence-corrected chi connectivity index (χ4v) is 5.97. The van der Waals surface area contributed by atoms with E-state index in [9.17, 15) is 13.6 Å². The summed E-state index contributed by atoms with van der Waals surface area (Å²) in [7, 11) is 0. The minimum Gasteiger partial charge on any atom is -0.488 e. The number of benzene rings is 5. The van der Waals surface area contributed by atoms with Crippen LogP contribution in [0.2, 0.25) is 0 Å². The third kappa shape index (κ3) is 6.53. The maximum Gasteiger partial charge on any atom is 0.255 e. The molecule has 2 fully saturated rings. The molecule has 45 heavy (non-hydrogen) atoms. The summed E-state index contributed by atoms with van der Waals surface area (Å²) in [4.78, 5) is 13.7. The molecule has 3 N–H and O–H groups in total. The molecule has 8 heteroatoms. The second-order valence-electron chi connectivity index (χ2n) is 11.6. The van der Waals surface area contributed by atoms with Crippen LogP contribution < -0.4 is 25.4 Å². The van der Waals surface area contributed by atoms with E-state index in [1.807, 2.05) is 48.5 Å². The molecule has 1 amide bonds. The predicted molar refractivity (Wildman–Crippen MR) is 173 cm³/mol. The van der Waals surface area contributed by atoms with E-state index in [4.69, 9.17) is 9.47 Å². The normalized spacial score (nSPS) is 17.8. The molecule has 0 aromatic heterocycles. The first-order valence-electron chi connectivity index (χ1n) is 15.3. The summed E-state index contributed by atoms with van der Waals surface area (Å²) >= 11 is 0. The molecule has 6 nitrogen and oxygen atoms in total. The average molecular weight is 606 g/mol. The number of halogens is 2. The van der Waals surface area contributed by atoms with E-state index in [2.05, 4.69) is 16.0 Å². The van der Waals surface area contributed by atoms with E-state index in [-0.39, 0.29) is 29.7 Å². The minimum atomic E-state index is -0.323. The van der Waals surface area contributed by atoms with Crippen molar-refractivity contribution in [3.8, 4) is 33.8 Å². The lowest BCUT2D eigenvalue weighted by molar-refractivity contribution is 0.102. The average Bonchev–Trinajstić information content (AvgIpc) is 3.77. The van der Waals surface area contributed by atoms with Crippen LogP contribution >= 0.6 is 0 Å². The molecule has 0 saturated carbocycles. The SMILES string of the molecule is O=C(Nc1ccc(O[C@H]2CCNC2)c(-c2ccc(F)cc2)c1)c1ccc(O[C@H]2CCNC2)c(-c2ccc3cc(F)ccc3c2)c1. The third-order valence-corrected chi connectivity index (χ3v) is 8.37. The highest BCUT2D eigenvalue weighted by Crippen LogP contribution is 2.36. The summed E-state index contributed by atoms with van der Waals surface area (Å²) in [6, 6.07) is 27.7. The quantitative estimate of drug-likeness (QED) is 0.175. The number of ether oxygens (including phenoxy) is 2. The zero-order valence-electron chi connectivity index (χ0n) is 24.6. The number of anilines is 1. The smallest absolute Gasteiger partial charge is 0.255 e. The Morgan fingerprint density at radius 1 is 0.644 bits per heavy atom. The zero-order chi connectivity index (χ0) is 30.8. The van der Waals surface area contributed by atoms with E-state index in [0.29, 0.717) is 22.7 Å². The molecule has 0 bridgehead atoms. The fourth-order valence-electron chi connectivity index (χ4n) is 5.97. The van der Waals surface area contributed by atoms with E-state index in [1.165, 1.54) is 24.3 Å². The van der Waals surface area contributed by atoms with Crippen molar-refractivity contribution in [1.29, 1.82) is 0 Å². The van der Waals surface area contributed by atoms with Crippen molar-refractivity contribution < 1.29 is 23.0 Å². The Kier molecular flexibility index (Phi) is 8.15. The molecule has 2 saturated heterocycles. The molecular weight excluding hydrogens is 572 g/mol. The van der Waals surface area contributed by atoms with Gasteiger partial charge in [-0.25, -0.2) is 8.78 Å². The van der Waals surface area contributed by atoms with Crippen molar-refractivity contribution in [1.82, 2.24) is 10.6 Å². The summed E-state index contributed by atoms with van der Waals surface area (Å²) < 4.78 is 40.2. The van der Waals surface area contributed by atoms with Gasteiger partial charge in [-0.05, 0) is 115 Å². The largest absolute Gasteiger partial charge is 0.488 e. The van der Waals surface area contributed by atoms with Crippen LogP contribution in [0.15, 0.2) is 97.1 Å². The monoisotopic (exact) mass is 605 g/mol. The van der Waals surface area contributed by atoms with Crippen molar-refractivity contribution in [3.05, 3.63) is 114 Å². The number of carbonyl (C=O) groups excluding carboxylic acids is 1. The number of rotatable bonds is 8. The van der Waals surface area contributed by atoms with Gasteiger partial charge < -0.3 is 25.4 Å². The molecule has 5 aromatic rings. The number of amides is 1. The Balaban J connectivity index is 1.20. The van der Waals surface area contributed by atoms with Crippen LogP contribution in [0.4, 0.5) is 14.5 Å². The summed E-state index contributed by atoms with van der Waals surface area (Å²) in [5.74, 6) is 0.464. The van der Waals surface area contributed by atoms with Crippen LogP contribution in [0.5, 0.6) is 11.5 Å². The molecule has 0 unspecified atom stereocenters. The Morgan fingerprint density at radius 3 is 1.93 bits per heavy atom. The lowest BCUT2D eigenvalue weighted by Gasteiger charge is -2.19. The molecular formula is C37H33F2N3O3. The maximum absolute atomic E-state index is 13.8. The number of fused-ring (bicyclic) bond motifs is 1. The molecule has 0 aliphatic carbocycles. The van der Waals surface area contributed by atoms with Gasteiger partial charge in [0.25, 0.3) is 5.91 Å². The van der Waals surface area contributed by atoms with Gasteiger partial charge in [-0.3, -0.25) is 4.79 Å². The number of nitrogens with one attached hydrogen (secondary N) is 3. The maximum atomic E-state index is 13.8. The first-order chi connectivity index (χ1) is 22.0. The van der Waals surface area contributed by atoms with Gasteiger partial charge in [0.1, 0.15) is 35.3 Å². The van der Waals surface area contributed by atoms with Crippen LogP contribution in [0.25, 0.3) is 33.0 Å². The Morgan fingerprint density at radius 2 is 1.24 bits per heavy atom. The van der Waals surface area contributed by atoms with Crippen LogP contribution in [-0.2, 0) is 0 Å². The second-order valence-corrected chi connectivity index (χ2v) is 11.6. The minimum absolute atomic E-state index is 0.0311.